The average molecular weight is 236 g/mol. The molecule has 0 bridgehead atoms. The second-order valence-electron chi connectivity index (χ2n) is 3.86. The average Bonchev–Trinajstić information content (AvgIpc) is 2.27. The molecule has 4 heteroatoms. The van der Waals surface area contributed by atoms with Gasteiger partial charge in [0.25, 0.3) is 5.91 Å². The standard InChI is InChI=1S/C12H16N2OS/c1-8-4-6-10(7-5-8)12(15)14(3)9(2)11(13)16/h4-7,9H,1-3H3,(H2,13,16). The van der Waals surface area contributed by atoms with Gasteiger partial charge in [0.15, 0.2) is 0 Å². The summed E-state index contributed by atoms with van der Waals surface area (Å²) >= 11 is 4.87. The molecule has 3 nitrogen and oxygen atoms in total. The lowest BCUT2D eigenvalue weighted by atomic mass is 10.1. The lowest BCUT2D eigenvalue weighted by Crippen LogP contribution is -2.42. The van der Waals surface area contributed by atoms with Gasteiger partial charge in [0.2, 0.25) is 0 Å². The molecule has 2 N–H and O–H groups in total. The summed E-state index contributed by atoms with van der Waals surface area (Å²) in [4.78, 5) is 13.9. The van der Waals surface area contributed by atoms with Crippen molar-refractivity contribution < 1.29 is 4.79 Å². The maximum Gasteiger partial charge on any atom is 0.254 e. The Labute approximate surface area is 101 Å². The van der Waals surface area contributed by atoms with Crippen molar-refractivity contribution in [1.82, 2.24) is 4.90 Å². The van der Waals surface area contributed by atoms with E-state index in [9.17, 15) is 4.79 Å². The van der Waals surface area contributed by atoms with Crippen LogP contribution < -0.4 is 5.73 Å². The predicted molar refractivity (Wildman–Crippen MR) is 69.5 cm³/mol. The number of aryl methyl sites for hydroxylation is 1. The van der Waals surface area contributed by atoms with Gasteiger partial charge in [0, 0.05) is 12.6 Å². The van der Waals surface area contributed by atoms with Crippen molar-refractivity contribution >= 4 is 23.1 Å². The van der Waals surface area contributed by atoms with Crippen LogP contribution >= 0.6 is 12.2 Å². The highest BCUT2D eigenvalue weighted by Gasteiger charge is 2.18. The van der Waals surface area contributed by atoms with E-state index in [0.717, 1.165) is 5.56 Å². The summed E-state index contributed by atoms with van der Waals surface area (Å²) < 4.78 is 0. The van der Waals surface area contributed by atoms with Gasteiger partial charge < -0.3 is 10.6 Å². The van der Waals surface area contributed by atoms with Crippen molar-refractivity contribution in [3.63, 3.8) is 0 Å². The van der Waals surface area contributed by atoms with Crippen molar-refractivity contribution in [1.29, 1.82) is 0 Å². The first-order valence-corrected chi connectivity index (χ1v) is 5.47. The van der Waals surface area contributed by atoms with E-state index in [-0.39, 0.29) is 11.9 Å². The molecule has 1 amide bonds. The topological polar surface area (TPSA) is 46.3 Å². The molecule has 1 unspecified atom stereocenters. The van der Waals surface area contributed by atoms with Gasteiger partial charge in [-0.2, -0.15) is 0 Å². The summed E-state index contributed by atoms with van der Waals surface area (Å²) in [5.41, 5.74) is 7.29. The van der Waals surface area contributed by atoms with Gasteiger partial charge in [-0.3, -0.25) is 4.79 Å². The van der Waals surface area contributed by atoms with Gasteiger partial charge >= 0.3 is 0 Å². The molecule has 1 aromatic rings. The Hall–Kier alpha value is -1.42. The van der Waals surface area contributed by atoms with Crippen molar-refractivity contribution in [2.75, 3.05) is 7.05 Å². The number of benzene rings is 1. The lowest BCUT2D eigenvalue weighted by molar-refractivity contribution is 0.0779. The van der Waals surface area contributed by atoms with Crippen molar-refractivity contribution in [3.8, 4) is 0 Å². The number of nitrogens with zero attached hydrogens (tertiary/aromatic N) is 1. The Morgan fingerprint density at radius 1 is 1.38 bits per heavy atom. The maximum absolute atomic E-state index is 12.0. The van der Waals surface area contributed by atoms with E-state index < -0.39 is 0 Å². The van der Waals surface area contributed by atoms with Crippen molar-refractivity contribution in [2.45, 2.75) is 19.9 Å². The Kier molecular flexibility index (Phi) is 4.01. The molecule has 16 heavy (non-hydrogen) atoms. The number of carbonyl (C=O) groups is 1. The molecule has 0 aliphatic rings. The van der Waals surface area contributed by atoms with Crippen LogP contribution in [0.25, 0.3) is 0 Å². The van der Waals surface area contributed by atoms with Gasteiger partial charge in [-0.15, -0.1) is 0 Å². The van der Waals surface area contributed by atoms with E-state index in [1.165, 1.54) is 0 Å². The molecule has 0 aromatic heterocycles. The Morgan fingerprint density at radius 3 is 2.31 bits per heavy atom. The quantitative estimate of drug-likeness (QED) is 0.813. The summed E-state index contributed by atoms with van der Waals surface area (Å²) in [5.74, 6) is -0.0692. The molecule has 0 fully saturated rings. The van der Waals surface area contributed by atoms with E-state index in [0.29, 0.717) is 10.6 Å². The molecule has 0 saturated heterocycles. The number of rotatable bonds is 3. The molecule has 0 spiro atoms. The van der Waals surface area contributed by atoms with Crippen molar-refractivity contribution in [2.24, 2.45) is 5.73 Å². The number of amides is 1. The summed E-state index contributed by atoms with van der Waals surface area (Å²) in [5, 5.41) is 0. The summed E-state index contributed by atoms with van der Waals surface area (Å²) in [6, 6.07) is 7.20. The van der Waals surface area contributed by atoms with Crippen LogP contribution in [0.4, 0.5) is 0 Å². The van der Waals surface area contributed by atoms with E-state index in [4.69, 9.17) is 18.0 Å². The van der Waals surface area contributed by atoms with Crippen LogP contribution in [-0.4, -0.2) is 28.9 Å². The summed E-state index contributed by atoms with van der Waals surface area (Å²) in [6.07, 6.45) is 0. The highest BCUT2D eigenvalue weighted by molar-refractivity contribution is 7.80. The Bertz CT molecular complexity index is 400. The van der Waals surface area contributed by atoms with E-state index in [1.54, 1.807) is 24.1 Å². The smallest absolute Gasteiger partial charge is 0.254 e. The largest absolute Gasteiger partial charge is 0.392 e. The van der Waals surface area contributed by atoms with Gasteiger partial charge in [-0.05, 0) is 26.0 Å². The minimum atomic E-state index is -0.233. The molecule has 0 aliphatic heterocycles. The number of thiocarbonyl (C=S) groups is 1. The van der Waals surface area contributed by atoms with Crippen LogP contribution in [0.1, 0.15) is 22.8 Å². The molecular formula is C12H16N2OS. The molecule has 86 valence electrons. The van der Waals surface area contributed by atoms with Gasteiger partial charge in [0.05, 0.1) is 11.0 Å². The summed E-state index contributed by atoms with van der Waals surface area (Å²) in [7, 11) is 1.70. The first-order chi connectivity index (χ1) is 7.43. The van der Waals surface area contributed by atoms with Gasteiger partial charge in [-0.1, -0.05) is 29.9 Å². The Morgan fingerprint density at radius 2 is 1.88 bits per heavy atom. The SMILES string of the molecule is Cc1ccc(C(=O)N(C)C(C)C(N)=S)cc1. The number of hydrogen-bond donors (Lipinski definition) is 1. The zero-order valence-corrected chi connectivity index (χ0v) is 10.5. The van der Waals surface area contributed by atoms with Crippen LogP contribution in [0.2, 0.25) is 0 Å². The third-order valence-corrected chi connectivity index (χ3v) is 2.95. The second kappa shape index (κ2) is 5.07. The molecule has 1 rings (SSSR count). The highest BCUT2D eigenvalue weighted by Crippen LogP contribution is 2.08. The molecule has 0 saturated carbocycles. The first-order valence-electron chi connectivity index (χ1n) is 5.06. The molecule has 0 radical (unpaired) electrons. The van der Waals surface area contributed by atoms with Crippen LogP contribution in [-0.2, 0) is 0 Å². The predicted octanol–water partition coefficient (Wildman–Crippen LogP) is 1.74. The summed E-state index contributed by atoms with van der Waals surface area (Å²) in [6.45, 7) is 3.80. The monoisotopic (exact) mass is 236 g/mol. The van der Waals surface area contributed by atoms with Crippen LogP contribution in [0, 0.1) is 6.92 Å². The number of carbonyl (C=O) groups excluding carboxylic acids is 1. The molecule has 1 aromatic carbocycles. The fourth-order valence-electron chi connectivity index (χ4n) is 1.27. The van der Waals surface area contributed by atoms with Gasteiger partial charge in [-0.25, -0.2) is 0 Å². The number of nitrogens with two attached hydrogens (primary N) is 1. The third kappa shape index (κ3) is 2.79. The highest BCUT2D eigenvalue weighted by atomic mass is 32.1. The van der Waals surface area contributed by atoms with Crippen LogP contribution in [0.15, 0.2) is 24.3 Å². The molecule has 0 aliphatic carbocycles. The zero-order valence-electron chi connectivity index (χ0n) is 9.73. The minimum Gasteiger partial charge on any atom is -0.392 e. The molecule has 0 heterocycles. The van der Waals surface area contributed by atoms with E-state index >= 15 is 0 Å². The van der Waals surface area contributed by atoms with Crippen LogP contribution in [0.5, 0.6) is 0 Å². The lowest BCUT2D eigenvalue weighted by Gasteiger charge is -2.23. The van der Waals surface area contributed by atoms with E-state index in [1.807, 2.05) is 26.0 Å². The van der Waals surface area contributed by atoms with Crippen LogP contribution in [0.3, 0.4) is 0 Å². The van der Waals surface area contributed by atoms with Crippen molar-refractivity contribution in [3.05, 3.63) is 35.4 Å². The van der Waals surface area contributed by atoms with E-state index in [2.05, 4.69) is 0 Å². The van der Waals surface area contributed by atoms with Gasteiger partial charge in [0.1, 0.15) is 0 Å². The normalized spacial score (nSPS) is 11.9. The second-order valence-corrected chi connectivity index (χ2v) is 4.33. The Balaban J connectivity index is 2.86. The molecule has 1 atom stereocenters. The third-order valence-electron chi connectivity index (χ3n) is 2.61. The fourth-order valence-corrected chi connectivity index (χ4v) is 1.42. The number of hydrogen-bond acceptors (Lipinski definition) is 2. The minimum absolute atomic E-state index is 0.0692. The maximum atomic E-state index is 12.0. The molecular weight excluding hydrogens is 220 g/mol. The first kappa shape index (κ1) is 12.6. The fraction of sp³-hybridized carbons (Fsp3) is 0.333. The zero-order chi connectivity index (χ0) is 12.3. The number of likely N-dealkylation sites (N-methyl/N-ethyl adjacent to an activating group) is 1.